The summed E-state index contributed by atoms with van der Waals surface area (Å²) in [5.74, 6) is 0.00549. The molecule has 0 spiro atoms. The van der Waals surface area contributed by atoms with Crippen molar-refractivity contribution < 1.29 is 4.79 Å². The van der Waals surface area contributed by atoms with Crippen LogP contribution in [0.15, 0.2) is 6.07 Å². The number of hydrogen-bond acceptors (Lipinski definition) is 3. The average Bonchev–Trinajstić information content (AvgIpc) is 2.80. The van der Waals surface area contributed by atoms with Crippen LogP contribution in [-0.4, -0.2) is 40.1 Å². The lowest BCUT2D eigenvalue weighted by atomic mass is 9.79. The van der Waals surface area contributed by atoms with Crippen LogP contribution >= 0.6 is 0 Å². The maximum Gasteiger partial charge on any atom is 0.274 e. The summed E-state index contributed by atoms with van der Waals surface area (Å²) in [5.41, 5.74) is 7.55. The molecule has 1 amide bonds. The van der Waals surface area contributed by atoms with Gasteiger partial charge in [0.05, 0.1) is 0 Å². The molecule has 1 fully saturated rings. The number of likely N-dealkylation sites (tertiary alicyclic amines) is 1. The molecule has 1 atom stereocenters. The molecular formula is C13H22N4O. The summed E-state index contributed by atoms with van der Waals surface area (Å²) in [5, 5.41) is 6.96. The molecule has 1 aliphatic rings. The molecule has 0 bridgehead atoms. The monoisotopic (exact) mass is 250 g/mol. The molecule has 1 aliphatic heterocycles. The molecule has 0 saturated carbocycles. The van der Waals surface area contributed by atoms with E-state index in [1.807, 2.05) is 17.9 Å². The van der Waals surface area contributed by atoms with Crippen LogP contribution in [0.1, 0.15) is 43.4 Å². The van der Waals surface area contributed by atoms with Crippen molar-refractivity contribution >= 4 is 5.91 Å². The molecule has 1 aromatic rings. The molecule has 0 aliphatic carbocycles. The van der Waals surface area contributed by atoms with Crippen molar-refractivity contribution in [2.24, 2.45) is 11.1 Å². The first kappa shape index (κ1) is 13.1. The summed E-state index contributed by atoms with van der Waals surface area (Å²) < 4.78 is 0. The lowest BCUT2D eigenvalue weighted by molar-refractivity contribution is 0.0527. The molecule has 2 heterocycles. The van der Waals surface area contributed by atoms with Crippen molar-refractivity contribution in [1.29, 1.82) is 0 Å². The van der Waals surface area contributed by atoms with Gasteiger partial charge in [0.2, 0.25) is 0 Å². The number of rotatable bonds is 2. The van der Waals surface area contributed by atoms with Crippen LogP contribution in [0, 0.1) is 5.41 Å². The van der Waals surface area contributed by atoms with Gasteiger partial charge >= 0.3 is 0 Å². The summed E-state index contributed by atoms with van der Waals surface area (Å²) in [6, 6.07) is 2.00. The minimum Gasteiger partial charge on any atom is -0.337 e. The average molecular weight is 250 g/mol. The molecule has 2 rings (SSSR count). The zero-order valence-corrected chi connectivity index (χ0v) is 11.4. The molecule has 18 heavy (non-hydrogen) atoms. The second kappa shape index (κ2) is 4.72. The highest BCUT2D eigenvalue weighted by Crippen LogP contribution is 2.28. The molecule has 5 nitrogen and oxygen atoms in total. The van der Waals surface area contributed by atoms with Gasteiger partial charge in [0, 0.05) is 24.8 Å². The number of carbonyl (C=O) groups excluding carboxylic acids is 1. The van der Waals surface area contributed by atoms with Crippen molar-refractivity contribution in [3.8, 4) is 0 Å². The fourth-order valence-electron chi connectivity index (χ4n) is 2.36. The highest BCUT2D eigenvalue weighted by Gasteiger charge is 2.36. The number of piperidine rings is 1. The Morgan fingerprint density at radius 3 is 2.94 bits per heavy atom. The summed E-state index contributed by atoms with van der Waals surface area (Å²) >= 11 is 0. The number of nitrogens with zero attached hydrogens (tertiary/aromatic N) is 2. The van der Waals surface area contributed by atoms with E-state index in [-0.39, 0.29) is 17.4 Å². The van der Waals surface area contributed by atoms with Crippen LogP contribution in [0.2, 0.25) is 0 Å². The molecule has 100 valence electrons. The molecular weight excluding hydrogens is 228 g/mol. The van der Waals surface area contributed by atoms with Gasteiger partial charge in [-0.1, -0.05) is 20.8 Å². The van der Waals surface area contributed by atoms with Crippen molar-refractivity contribution in [3.05, 3.63) is 17.5 Å². The molecule has 1 saturated heterocycles. The van der Waals surface area contributed by atoms with Crippen LogP contribution in [0.5, 0.6) is 0 Å². The zero-order valence-electron chi connectivity index (χ0n) is 11.4. The topological polar surface area (TPSA) is 75.0 Å². The third kappa shape index (κ3) is 2.41. The quantitative estimate of drug-likeness (QED) is 0.827. The summed E-state index contributed by atoms with van der Waals surface area (Å²) in [4.78, 5) is 14.2. The Morgan fingerprint density at radius 1 is 1.67 bits per heavy atom. The van der Waals surface area contributed by atoms with Gasteiger partial charge in [-0.2, -0.15) is 5.10 Å². The van der Waals surface area contributed by atoms with Gasteiger partial charge in [0.25, 0.3) is 5.91 Å². The molecule has 3 N–H and O–H groups in total. The Bertz CT molecular complexity index is 438. The standard InChI is InChI=1S/C13H22N4O/c1-4-9-7-10(16-15-9)12(18)17-6-5-11(14)13(2,3)8-17/h7,11H,4-6,8,14H2,1-3H3,(H,15,16). The Kier molecular flexibility index (Phi) is 3.43. The van der Waals surface area contributed by atoms with E-state index in [0.717, 1.165) is 25.1 Å². The number of aryl methyl sites for hydroxylation is 1. The minimum atomic E-state index is -0.0300. The van der Waals surface area contributed by atoms with Crippen LogP contribution in [0.4, 0.5) is 0 Å². The summed E-state index contributed by atoms with van der Waals surface area (Å²) in [6.45, 7) is 7.67. The molecule has 0 radical (unpaired) electrons. The first-order valence-electron chi connectivity index (χ1n) is 6.53. The van der Waals surface area contributed by atoms with Crippen LogP contribution in [0.3, 0.4) is 0 Å². The number of carbonyl (C=O) groups is 1. The van der Waals surface area contributed by atoms with E-state index in [1.54, 1.807) is 0 Å². The number of amides is 1. The van der Waals surface area contributed by atoms with Crippen LogP contribution in [-0.2, 0) is 6.42 Å². The maximum absolute atomic E-state index is 12.3. The highest BCUT2D eigenvalue weighted by molar-refractivity contribution is 5.92. The summed E-state index contributed by atoms with van der Waals surface area (Å²) in [7, 11) is 0. The largest absolute Gasteiger partial charge is 0.337 e. The Balaban J connectivity index is 2.10. The van der Waals surface area contributed by atoms with Crippen LogP contribution < -0.4 is 5.73 Å². The Hall–Kier alpha value is -1.36. The Morgan fingerprint density at radius 2 is 2.39 bits per heavy atom. The van der Waals surface area contributed by atoms with E-state index < -0.39 is 0 Å². The second-order valence-electron chi connectivity index (χ2n) is 5.74. The smallest absolute Gasteiger partial charge is 0.274 e. The lowest BCUT2D eigenvalue weighted by Gasteiger charge is -2.42. The van der Waals surface area contributed by atoms with E-state index in [2.05, 4.69) is 24.0 Å². The third-order valence-electron chi connectivity index (χ3n) is 3.83. The van der Waals surface area contributed by atoms with Gasteiger partial charge in [0.15, 0.2) is 0 Å². The fourth-order valence-corrected chi connectivity index (χ4v) is 2.36. The zero-order chi connectivity index (χ0) is 13.3. The van der Waals surface area contributed by atoms with E-state index in [4.69, 9.17) is 5.73 Å². The van der Waals surface area contributed by atoms with Gasteiger partial charge in [-0.3, -0.25) is 9.89 Å². The number of nitrogens with two attached hydrogens (primary N) is 1. The first-order valence-corrected chi connectivity index (χ1v) is 6.53. The van der Waals surface area contributed by atoms with E-state index >= 15 is 0 Å². The number of aromatic amines is 1. The predicted octanol–water partition coefficient (Wildman–Crippen LogP) is 1.17. The third-order valence-corrected chi connectivity index (χ3v) is 3.83. The number of hydrogen-bond donors (Lipinski definition) is 2. The van der Waals surface area contributed by atoms with Gasteiger partial charge in [-0.15, -0.1) is 0 Å². The summed E-state index contributed by atoms with van der Waals surface area (Å²) in [6.07, 6.45) is 1.71. The number of nitrogens with one attached hydrogen (secondary N) is 1. The van der Waals surface area contributed by atoms with E-state index in [9.17, 15) is 4.79 Å². The van der Waals surface area contributed by atoms with E-state index in [0.29, 0.717) is 12.2 Å². The minimum absolute atomic E-state index is 0.00549. The number of aromatic nitrogens is 2. The van der Waals surface area contributed by atoms with Crippen molar-refractivity contribution in [1.82, 2.24) is 15.1 Å². The highest BCUT2D eigenvalue weighted by atomic mass is 16.2. The lowest BCUT2D eigenvalue weighted by Crippen LogP contribution is -2.54. The maximum atomic E-state index is 12.3. The van der Waals surface area contributed by atoms with Gasteiger partial charge < -0.3 is 10.6 Å². The molecule has 0 aromatic carbocycles. The normalized spacial score (nSPS) is 23.1. The van der Waals surface area contributed by atoms with Crippen LogP contribution in [0.25, 0.3) is 0 Å². The van der Waals surface area contributed by atoms with Crippen molar-refractivity contribution in [3.63, 3.8) is 0 Å². The SMILES string of the molecule is CCc1cc(C(=O)N2CCC(N)C(C)(C)C2)n[nH]1. The molecule has 1 aromatic heterocycles. The van der Waals surface area contributed by atoms with Gasteiger partial charge in [0.1, 0.15) is 5.69 Å². The Labute approximate surface area is 108 Å². The first-order chi connectivity index (χ1) is 8.44. The fraction of sp³-hybridized carbons (Fsp3) is 0.692. The van der Waals surface area contributed by atoms with Crippen molar-refractivity contribution in [2.45, 2.75) is 39.7 Å². The van der Waals surface area contributed by atoms with Gasteiger partial charge in [-0.05, 0) is 24.3 Å². The second-order valence-corrected chi connectivity index (χ2v) is 5.74. The number of H-pyrrole nitrogens is 1. The van der Waals surface area contributed by atoms with Gasteiger partial charge in [-0.25, -0.2) is 0 Å². The predicted molar refractivity (Wildman–Crippen MR) is 70.2 cm³/mol. The molecule has 5 heteroatoms. The van der Waals surface area contributed by atoms with Crippen molar-refractivity contribution in [2.75, 3.05) is 13.1 Å². The molecule has 1 unspecified atom stereocenters. The van der Waals surface area contributed by atoms with E-state index in [1.165, 1.54) is 0 Å².